The predicted octanol–water partition coefficient (Wildman–Crippen LogP) is 1.91. The molecular weight excluding hydrogens is 199 g/mol. The molecule has 1 rings (SSSR count). The Morgan fingerprint density at radius 1 is 1.14 bits per heavy atom. The van der Waals surface area contributed by atoms with Crippen molar-refractivity contribution in [2.75, 3.05) is 7.11 Å². The van der Waals surface area contributed by atoms with Crippen LogP contribution < -0.4 is 0 Å². The van der Waals surface area contributed by atoms with Crippen LogP contribution in [0, 0.1) is 0 Å². The van der Waals surface area contributed by atoms with Gasteiger partial charge in [0.05, 0.1) is 11.2 Å². The fourth-order valence-corrected chi connectivity index (χ4v) is 1.26. The van der Waals surface area contributed by atoms with Crippen LogP contribution in [0.1, 0.15) is 34.6 Å². The number of hydrogen-bond donors (Lipinski definition) is 1. The first-order valence-corrected chi connectivity index (χ1v) is 5.20. The number of methoxy groups -OCH3 is 1. The normalized spacial score (nSPS) is 28.9. The Balaban J connectivity index is 2.83. The smallest absolute Gasteiger partial charge is 0.401 e. The molecule has 0 N–H and O–H groups in total. The lowest BCUT2D eigenvalue weighted by atomic mass is 9.81. The summed E-state index contributed by atoms with van der Waals surface area (Å²) >= 11 is 4.37. The molecule has 0 aromatic carbocycles. The van der Waals surface area contributed by atoms with Gasteiger partial charge in [0.2, 0.25) is 0 Å². The van der Waals surface area contributed by atoms with E-state index in [0.29, 0.717) is 0 Å². The third-order valence-electron chi connectivity index (χ3n) is 3.10. The van der Waals surface area contributed by atoms with E-state index in [-0.39, 0.29) is 11.2 Å². The fourth-order valence-electron chi connectivity index (χ4n) is 1.16. The zero-order chi connectivity index (χ0) is 11.2. The molecule has 0 aromatic rings. The SMILES string of the molecule is COC(C)(S)B1OC(C)(C)C(C)(C)O1. The van der Waals surface area contributed by atoms with Gasteiger partial charge in [-0.1, -0.05) is 0 Å². The Hall–Kier alpha value is 0.295. The molecule has 0 aliphatic carbocycles. The van der Waals surface area contributed by atoms with Gasteiger partial charge in [-0.2, -0.15) is 0 Å². The fraction of sp³-hybridized carbons (Fsp3) is 1.00. The van der Waals surface area contributed by atoms with Crippen LogP contribution in [0.4, 0.5) is 0 Å². The lowest BCUT2D eigenvalue weighted by molar-refractivity contribution is 0.00578. The largest absolute Gasteiger partial charge is 0.502 e. The van der Waals surface area contributed by atoms with E-state index in [1.54, 1.807) is 7.11 Å². The minimum atomic E-state index is -0.717. The van der Waals surface area contributed by atoms with E-state index in [1.165, 1.54) is 0 Å². The van der Waals surface area contributed by atoms with Crippen molar-refractivity contribution in [3.05, 3.63) is 0 Å². The second kappa shape index (κ2) is 3.40. The second-order valence-electron chi connectivity index (χ2n) is 4.85. The Morgan fingerprint density at radius 3 is 1.79 bits per heavy atom. The van der Waals surface area contributed by atoms with E-state index in [4.69, 9.17) is 14.0 Å². The number of ether oxygens (including phenoxy) is 1. The van der Waals surface area contributed by atoms with Gasteiger partial charge in [0.25, 0.3) is 0 Å². The van der Waals surface area contributed by atoms with E-state index in [2.05, 4.69) is 12.6 Å². The zero-order valence-electron chi connectivity index (χ0n) is 9.75. The van der Waals surface area contributed by atoms with Crippen molar-refractivity contribution in [1.29, 1.82) is 0 Å². The van der Waals surface area contributed by atoms with Crippen molar-refractivity contribution in [2.45, 2.75) is 50.7 Å². The summed E-state index contributed by atoms with van der Waals surface area (Å²) in [6, 6.07) is 0. The first kappa shape index (κ1) is 12.4. The number of rotatable bonds is 2. The molecule has 1 fully saturated rings. The van der Waals surface area contributed by atoms with Crippen LogP contribution in [-0.4, -0.2) is 30.3 Å². The Kier molecular flexibility index (Phi) is 3.01. The Morgan fingerprint density at radius 2 is 1.50 bits per heavy atom. The summed E-state index contributed by atoms with van der Waals surface area (Å²) in [4.78, 5) is -0.717. The van der Waals surface area contributed by atoms with Crippen molar-refractivity contribution in [3.8, 4) is 0 Å². The van der Waals surface area contributed by atoms with Crippen LogP contribution in [0.2, 0.25) is 0 Å². The number of hydrogen-bond acceptors (Lipinski definition) is 4. The summed E-state index contributed by atoms with van der Waals surface area (Å²) < 4.78 is 16.8. The summed E-state index contributed by atoms with van der Waals surface area (Å²) in [5.41, 5.74) is -0.666. The zero-order valence-corrected chi connectivity index (χ0v) is 10.6. The molecule has 1 saturated heterocycles. The summed E-state index contributed by atoms with van der Waals surface area (Å²) in [5.74, 6) is 0. The molecular formula is C9H19BO3S. The molecule has 0 amide bonds. The Bertz CT molecular complexity index is 212. The van der Waals surface area contributed by atoms with Crippen LogP contribution in [0.25, 0.3) is 0 Å². The molecule has 0 radical (unpaired) electrons. The third kappa shape index (κ3) is 1.96. The van der Waals surface area contributed by atoms with Crippen molar-refractivity contribution in [3.63, 3.8) is 0 Å². The summed E-state index contributed by atoms with van der Waals surface area (Å²) in [7, 11) is 1.15. The van der Waals surface area contributed by atoms with Crippen LogP contribution in [0.5, 0.6) is 0 Å². The van der Waals surface area contributed by atoms with E-state index in [9.17, 15) is 0 Å². The molecule has 1 unspecified atom stereocenters. The van der Waals surface area contributed by atoms with E-state index < -0.39 is 12.0 Å². The highest BCUT2D eigenvalue weighted by Gasteiger charge is 2.57. The first-order chi connectivity index (χ1) is 6.12. The lowest BCUT2D eigenvalue weighted by Gasteiger charge is -2.32. The van der Waals surface area contributed by atoms with E-state index >= 15 is 0 Å². The molecule has 0 aromatic heterocycles. The molecule has 3 nitrogen and oxygen atoms in total. The maximum absolute atomic E-state index is 5.80. The maximum atomic E-state index is 5.80. The minimum absolute atomic E-state index is 0.333. The van der Waals surface area contributed by atoms with Crippen LogP contribution in [0.3, 0.4) is 0 Å². The van der Waals surface area contributed by atoms with Crippen molar-refractivity contribution < 1.29 is 14.0 Å². The molecule has 0 bridgehead atoms. The van der Waals surface area contributed by atoms with Crippen LogP contribution in [0.15, 0.2) is 0 Å². The lowest BCUT2D eigenvalue weighted by Crippen LogP contribution is -2.42. The van der Waals surface area contributed by atoms with E-state index in [1.807, 2.05) is 34.6 Å². The van der Waals surface area contributed by atoms with Gasteiger partial charge in [-0.3, -0.25) is 0 Å². The Labute approximate surface area is 92.0 Å². The van der Waals surface area contributed by atoms with Gasteiger partial charge in [-0.25, -0.2) is 0 Å². The van der Waals surface area contributed by atoms with E-state index in [0.717, 1.165) is 0 Å². The number of thiol groups is 1. The van der Waals surface area contributed by atoms with Crippen molar-refractivity contribution in [1.82, 2.24) is 0 Å². The van der Waals surface area contributed by atoms with Gasteiger partial charge in [0, 0.05) is 7.11 Å². The maximum Gasteiger partial charge on any atom is 0.502 e. The van der Waals surface area contributed by atoms with Gasteiger partial charge >= 0.3 is 7.12 Å². The van der Waals surface area contributed by atoms with Gasteiger partial charge in [0.15, 0.2) is 0 Å². The molecule has 1 aliphatic rings. The van der Waals surface area contributed by atoms with Crippen LogP contribution >= 0.6 is 12.6 Å². The molecule has 14 heavy (non-hydrogen) atoms. The van der Waals surface area contributed by atoms with Gasteiger partial charge in [-0.15, -0.1) is 12.6 Å². The summed E-state index contributed by atoms with van der Waals surface area (Å²) in [6.07, 6.45) is 0. The third-order valence-corrected chi connectivity index (χ3v) is 3.50. The monoisotopic (exact) mass is 218 g/mol. The quantitative estimate of drug-likeness (QED) is 0.436. The second-order valence-corrected chi connectivity index (χ2v) is 5.74. The van der Waals surface area contributed by atoms with Gasteiger partial charge in [-0.05, 0) is 34.6 Å². The topological polar surface area (TPSA) is 27.7 Å². The highest BCUT2D eigenvalue weighted by molar-refractivity contribution is 7.83. The highest BCUT2D eigenvalue weighted by atomic mass is 32.1. The molecule has 1 aliphatic heterocycles. The van der Waals surface area contributed by atoms with Gasteiger partial charge in [0.1, 0.15) is 4.83 Å². The molecule has 5 heteroatoms. The summed E-state index contributed by atoms with van der Waals surface area (Å²) in [5, 5.41) is 0. The van der Waals surface area contributed by atoms with Crippen molar-refractivity contribution in [2.24, 2.45) is 0 Å². The average molecular weight is 218 g/mol. The molecule has 0 saturated carbocycles. The summed E-state index contributed by atoms with van der Waals surface area (Å²) in [6.45, 7) is 9.86. The average Bonchev–Trinajstić information content (AvgIpc) is 2.22. The highest BCUT2D eigenvalue weighted by Crippen LogP contribution is 2.41. The molecule has 0 spiro atoms. The first-order valence-electron chi connectivity index (χ1n) is 4.75. The van der Waals surface area contributed by atoms with Gasteiger partial charge < -0.3 is 14.0 Å². The standard InChI is InChI=1S/C9H19BO3S/c1-7(2)8(3,4)13-10(12-7)9(5,14)11-6/h14H,1-6H3. The molecule has 1 heterocycles. The van der Waals surface area contributed by atoms with Crippen molar-refractivity contribution >= 4 is 19.7 Å². The van der Waals surface area contributed by atoms with Crippen LogP contribution in [-0.2, 0) is 14.0 Å². The predicted molar refractivity (Wildman–Crippen MR) is 60.5 cm³/mol. The minimum Gasteiger partial charge on any atom is -0.401 e. The molecule has 82 valence electrons. The molecule has 1 atom stereocenters.